The van der Waals surface area contributed by atoms with E-state index in [0.29, 0.717) is 0 Å². The molecule has 0 aromatic heterocycles. The fourth-order valence-electron chi connectivity index (χ4n) is 3.20. The second kappa shape index (κ2) is 4.90. The molecule has 3 aromatic rings. The maximum absolute atomic E-state index is 6.24. The molecule has 0 spiro atoms. The van der Waals surface area contributed by atoms with Crippen molar-refractivity contribution in [1.82, 2.24) is 4.90 Å². The zero-order valence-electron chi connectivity index (χ0n) is 11.9. The van der Waals surface area contributed by atoms with Gasteiger partial charge in [-0.25, -0.2) is 0 Å². The Labute approximate surface area is 124 Å². The topological polar surface area (TPSA) is 29.3 Å². The molecule has 0 unspecified atom stereocenters. The summed E-state index contributed by atoms with van der Waals surface area (Å²) in [5.74, 6) is 0. The molecule has 21 heavy (non-hydrogen) atoms. The van der Waals surface area contributed by atoms with Crippen molar-refractivity contribution < 1.29 is 0 Å². The smallest absolute Gasteiger partial charge is 0.0366 e. The molecule has 1 aliphatic heterocycles. The Kier molecular flexibility index (Phi) is 2.90. The van der Waals surface area contributed by atoms with Crippen LogP contribution in [0.4, 0.5) is 5.69 Å². The average molecular weight is 274 g/mol. The summed E-state index contributed by atoms with van der Waals surface area (Å²) in [4.78, 5) is 2.45. The van der Waals surface area contributed by atoms with Gasteiger partial charge >= 0.3 is 0 Å². The van der Waals surface area contributed by atoms with Crippen LogP contribution in [0.15, 0.2) is 60.7 Å². The predicted octanol–water partition coefficient (Wildman–Crippen LogP) is 3.94. The van der Waals surface area contributed by atoms with Gasteiger partial charge in [-0.15, -0.1) is 0 Å². The van der Waals surface area contributed by atoms with Crippen LogP contribution in [0.25, 0.3) is 10.8 Å². The number of nitrogens with zero attached hydrogens (tertiary/aromatic N) is 1. The van der Waals surface area contributed by atoms with E-state index in [0.717, 1.165) is 25.3 Å². The Morgan fingerprint density at radius 2 is 1.38 bits per heavy atom. The van der Waals surface area contributed by atoms with Gasteiger partial charge in [-0.2, -0.15) is 0 Å². The molecule has 0 saturated carbocycles. The van der Waals surface area contributed by atoms with Gasteiger partial charge in [0.15, 0.2) is 0 Å². The molecule has 3 aromatic carbocycles. The van der Waals surface area contributed by atoms with Crippen LogP contribution < -0.4 is 5.73 Å². The lowest BCUT2D eigenvalue weighted by atomic mass is 10.0. The summed E-state index contributed by atoms with van der Waals surface area (Å²) in [5.41, 5.74) is 11.2. The van der Waals surface area contributed by atoms with Crippen molar-refractivity contribution in [2.24, 2.45) is 0 Å². The molecule has 0 atom stereocenters. The third kappa shape index (κ3) is 2.28. The number of benzene rings is 3. The standard InChI is InChI=1S/C19H18N2/c20-19-10-15-6-2-1-5-14(15)9-18(19)13-21-11-16-7-3-4-8-17(16)12-21/h1-10H,11-13,20H2. The van der Waals surface area contributed by atoms with Gasteiger partial charge in [-0.1, -0.05) is 48.5 Å². The third-order valence-corrected chi connectivity index (χ3v) is 4.31. The number of anilines is 1. The van der Waals surface area contributed by atoms with Gasteiger partial charge < -0.3 is 5.73 Å². The summed E-state index contributed by atoms with van der Waals surface area (Å²) in [6, 6.07) is 21.4. The highest BCUT2D eigenvalue weighted by Crippen LogP contribution is 2.27. The summed E-state index contributed by atoms with van der Waals surface area (Å²) >= 11 is 0. The lowest BCUT2D eigenvalue weighted by Gasteiger charge is -2.17. The van der Waals surface area contributed by atoms with Gasteiger partial charge in [0.2, 0.25) is 0 Å². The molecule has 0 bridgehead atoms. The van der Waals surface area contributed by atoms with E-state index in [4.69, 9.17) is 5.73 Å². The molecule has 104 valence electrons. The molecule has 0 fully saturated rings. The summed E-state index contributed by atoms with van der Waals surface area (Å²) in [6.45, 7) is 2.94. The maximum Gasteiger partial charge on any atom is 0.0366 e. The second-order valence-corrected chi connectivity index (χ2v) is 5.81. The van der Waals surface area contributed by atoms with Crippen LogP contribution in [0.3, 0.4) is 0 Å². The molecular formula is C19H18N2. The normalized spacial score (nSPS) is 14.5. The summed E-state index contributed by atoms with van der Waals surface area (Å²) in [5, 5.41) is 2.47. The number of nitrogens with two attached hydrogens (primary N) is 1. The molecule has 1 aliphatic rings. The summed E-state index contributed by atoms with van der Waals surface area (Å²) in [7, 11) is 0. The zero-order valence-corrected chi connectivity index (χ0v) is 11.9. The SMILES string of the molecule is Nc1cc2ccccc2cc1CN1Cc2ccccc2C1. The van der Waals surface area contributed by atoms with Gasteiger partial charge in [0.1, 0.15) is 0 Å². The van der Waals surface area contributed by atoms with Crippen molar-refractivity contribution >= 4 is 16.5 Å². The molecular weight excluding hydrogens is 256 g/mol. The lowest BCUT2D eigenvalue weighted by Crippen LogP contribution is -2.16. The predicted molar refractivity (Wildman–Crippen MR) is 87.8 cm³/mol. The highest BCUT2D eigenvalue weighted by atomic mass is 15.1. The van der Waals surface area contributed by atoms with Crippen LogP contribution in [0.1, 0.15) is 16.7 Å². The highest BCUT2D eigenvalue weighted by molar-refractivity contribution is 5.86. The fraction of sp³-hybridized carbons (Fsp3) is 0.158. The van der Waals surface area contributed by atoms with Crippen LogP contribution in [0.2, 0.25) is 0 Å². The minimum atomic E-state index is 0.893. The zero-order chi connectivity index (χ0) is 14.2. The van der Waals surface area contributed by atoms with Crippen molar-refractivity contribution in [2.75, 3.05) is 5.73 Å². The first-order valence-corrected chi connectivity index (χ1v) is 7.36. The van der Waals surface area contributed by atoms with E-state index in [1.807, 2.05) is 0 Å². The van der Waals surface area contributed by atoms with Crippen LogP contribution in [0.5, 0.6) is 0 Å². The van der Waals surface area contributed by atoms with Crippen molar-refractivity contribution in [3.8, 4) is 0 Å². The second-order valence-electron chi connectivity index (χ2n) is 5.81. The van der Waals surface area contributed by atoms with E-state index in [2.05, 4.69) is 65.6 Å². The Morgan fingerprint density at radius 1 is 0.810 bits per heavy atom. The fourth-order valence-corrected chi connectivity index (χ4v) is 3.20. The largest absolute Gasteiger partial charge is 0.398 e. The number of nitrogen functional groups attached to an aromatic ring is 1. The molecule has 2 heteroatoms. The molecule has 0 aliphatic carbocycles. The van der Waals surface area contributed by atoms with Gasteiger partial charge in [0.05, 0.1) is 0 Å². The van der Waals surface area contributed by atoms with Crippen LogP contribution in [-0.4, -0.2) is 4.90 Å². The van der Waals surface area contributed by atoms with E-state index in [9.17, 15) is 0 Å². The summed E-state index contributed by atoms with van der Waals surface area (Å²) < 4.78 is 0. The van der Waals surface area contributed by atoms with Crippen molar-refractivity contribution in [1.29, 1.82) is 0 Å². The average Bonchev–Trinajstić information content (AvgIpc) is 2.90. The van der Waals surface area contributed by atoms with Crippen LogP contribution in [0, 0.1) is 0 Å². The molecule has 0 radical (unpaired) electrons. The van der Waals surface area contributed by atoms with Crippen LogP contribution in [-0.2, 0) is 19.6 Å². The van der Waals surface area contributed by atoms with E-state index < -0.39 is 0 Å². The number of fused-ring (bicyclic) bond motifs is 2. The Bertz CT molecular complexity index is 783. The minimum Gasteiger partial charge on any atom is -0.398 e. The first-order valence-electron chi connectivity index (χ1n) is 7.36. The minimum absolute atomic E-state index is 0.893. The molecule has 2 nitrogen and oxygen atoms in total. The third-order valence-electron chi connectivity index (χ3n) is 4.31. The first-order chi connectivity index (χ1) is 10.3. The molecule has 2 N–H and O–H groups in total. The van der Waals surface area contributed by atoms with Gasteiger partial charge in [0, 0.05) is 25.3 Å². The molecule has 1 heterocycles. The van der Waals surface area contributed by atoms with Crippen LogP contribution >= 0.6 is 0 Å². The van der Waals surface area contributed by atoms with E-state index in [1.165, 1.54) is 27.5 Å². The molecule has 0 amide bonds. The number of rotatable bonds is 2. The van der Waals surface area contributed by atoms with Gasteiger partial charge in [-0.3, -0.25) is 4.90 Å². The number of hydrogen-bond donors (Lipinski definition) is 1. The van der Waals surface area contributed by atoms with Crippen molar-refractivity contribution in [3.05, 3.63) is 77.4 Å². The Hall–Kier alpha value is -2.32. The van der Waals surface area contributed by atoms with Crippen molar-refractivity contribution in [2.45, 2.75) is 19.6 Å². The highest BCUT2D eigenvalue weighted by Gasteiger charge is 2.18. The van der Waals surface area contributed by atoms with E-state index in [-0.39, 0.29) is 0 Å². The van der Waals surface area contributed by atoms with E-state index >= 15 is 0 Å². The van der Waals surface area contributed by atoms with Gasteiger partial charge in [0.25, 0.3) is 0 Å². The Morgan fingerprint density at radius 3 is 2.05 bits per heavy atom. The quantitative estimate of drug-likeness (QED) is 0.717. The van der Waals surface area contributed by atoms with E-state index in [1.54, 1.807) is 0 Å². The molecule has 0 saturated heterocycles. The molecule has 4 rings (SSSR count). The first kappa shape index (κ1) is 12.4. The summed E-state index contributed by atoms with van der Waals surface area (Å²) in [6.07, 6.45) is 0. The number of hydrogen-bond acceptors (Lipinski definition) is 2. The lowest BCUT2D eigenvalue weighted by molar-refractivity contribution is 0.276. The van der Waals surface area contributed by atoms with Crippen molar-refractivity contribution in [3.63, 3.8) is 0 Å². The monoisotopic (exact) mass is 274 g/mol. The Balaban J connectivity index is 1.62. The van der Waals surface area contributed by atoms with Gasteiger partial charge in [-0.05, 0) is 39.6 Å². The maximum atomic E-state index is 6.24.